The van der Waals surface area contributed by atoms with E-state index in [2.05, 4.69) is 14.9 Å². The van der Waals surface area contributed by atoms with Crippen molar-refractivity contribution in [1.29, 1.82) is 0 Å². The van der Waals surface area contributed by atoms with E-state index in [9.17, 15) is 9.59 Å². The van der Waals surface area contributed by atoms with Crippen molar-refractivity contribution in [3.63, 3.8) is 0 Å². The molecule has 1 spiro atoms. The van der Waals surface area contributed by atoms with E-state index in [-0.39, 0.29) is 5.60 Å². The molecule has 32 heavy (non-hydrogen) atoms. The first-order valence-corrected chi connectivity index (χ1v) is 10.9. The number of halogens is 1. The largest absolute Gasteiger partial charge is 0.487 e. The van der Waals surface area contributed by atoms with Crippen molar-refractivity contribution in [2.75, 3.05) is 18.0 Å². The normalized spacial score (nSPS) is 17.1. The van der Waals surface area contributed by atoms with E-state index < -0.39 is 18.2 Å². The summed E-state index contributed by atoms with van der Waals surface area (Å²) in [5, 5.41) is 9.65. The van der Waals surface area contributed by atoms with Crippen molar-refractivity contribution < 1.29 is 14.6 Å². The van der Waals surface area contributed by atoms with Gasteiger partial charge in [0.25, 0.3) is 0 Å². The number of carboxylic acid groups (broad SMARTS) is 1. The smallest absolute Gasteiger partial charge is 0.334 e. The van der Waals surface area contributed by atoms with Crippen molar-refractivity contribution in [3.05, 3.63) is 64.1 Å². The molecule has 2 aromatic heterocycles. The van der Waals surface area contributed by atoms with Crippen molar-refractivity contribution in [2.45, 2.75) is 37.8 Å². The minimum atomic E-state index is -1.08. The highest BCUT2D eigenvalue weighted by atomic mass is 35.5. The molecule has 2 aliphatic heterocycles. The molecular weight excluding hydrogens is 434 g/mol. The van der Waals surface area contributed by atoms with Crippen LogP contribution in [0.15, 0.2) is 47.8 Å². The third kappa shape index (κ3) is 3.73. The Labute approximate surface area is 188 Å². The lowest BCUT2D eigenvalue weighted by Gasteiger charge is -2.45. The van der Waals surface area contributed by atoms with Crippen LogP contribution in [0.1, 0.15) is 24.8 Å². The van der Waals surface area contributed by atoms with E-state index in [1.807, 2.05) is 18.2 Å². The fourth-order valence-corrected chi connectivity index (χ4v) is 4.73. The molecule has 0 atom stereocenters. The number of hydrogen-bond acceptors (Lipinski definition) is 6. The Kier molecular flexibility index (Phi) is 5.13. The van der Waals surface area contributed by atoms with Crippen molar-refractivity contribution in [1.82, 2.24) is 19.1 Å². The Morgan fingerprint density at radius 3 is 2.59 bits per heavy atom. The Balaban J connectivity index is 1.27. The third-order valence-corrected chi connectivity index (χ3v) is 6.61. The Morgan fingerprint density at radius 1 is 1.12 bits per heavy atom. The van der Waals surface area contributed by atoms with Crippen LogP contribution in [0.25, 0.3) is 5.82 Å². The van der Waals surface area contributed by atoms with Crippen LogP contribution >= 0.6 is 11.6 Å². The number of hydrogen-bond donors (Lipinski definition) is 1. The highest BCUT2D eigenvalue weighted by Gasteiger charge is 2.40. The molecule has 0 unspecified atom stereocenters. The fraction of sp³-hybridized carbons (Fsp3) is 0.364. The SMILES string of the molecule is O=C(O)Cn1ccn(-c2cnc(N3CCC4(CCc5c(Cl)cccc5O4)CC3)cn2)c1=O. The quantitative estimate of drug-likeness (QED) is 0.644. The number of fused-ring (bicyclic) bond motifs is 1. The fourth-order valence-electron chi connectivity index (χ4n) is 4.47. The van der Waals surface area contributed by atoms with E-state index in [0.717, 1.165) is 65.5 Å². The van der Waals surface area contributed by atoms with Gasteiger partial charge in [-0.2, -0.15) is 0 Å². The highest BCUT2D eigenvalue weighted by molar-refractivity contribution is 6.31. The predicted octanol–water partition coefficient (Wildman–Crippen LogP) is 2.53. The van der Waals surface area contributed by atoms with Gasteiger partial charge in [0.05, 0.1) is 12.4 Å². The summed E-state index contributed by atoms with van der Waals surface area (Å²) >= 11 is 6.31. The van der Waals surface area contributed by atoms with E-state index in [4.69, 9.17) is 21.4 Å². The summed E-state index contributed by atoms with van der Waals surface area (Å²) in [5.74, 6) is 0.894. The summed E-state index contributed by atoms with van der Waals surface area (Å²) in [7, 11) is 0. The standard InChI is InChI=1S/C22H22ClN5O4/c23-16-2-1-3-17-15(16)4-5-22(32-17)6-8-26(9-7-22)18-12-25-19(13-24-18)28-11-10-27(21(28)31)14-20(29)30/h1-3,10-13H,4-9,14H2,(H,29,30). The number of carbonyl (C=O) groups is 1. The van der Waals surface area contributed by atoms with Gasteiger partial charge < -0.3 is 14.7 Å². The van der Waals surface area contributed by atoms with Crippen LogP contribution in [0, 0.1) is 0 Å². The van der Waals surface area contributed by atoms with E-state index in [1.54, 1.807) is 6.20 Å². The molecule has 1 fully saturated rings. The number of ether oxygens (including phenoxy) is 1. The molecule has 0 bridgehead atoms. The molecule has 10 heteroatoms. The van der Waals surface area contributed by atoms with Crippen LogP contribution in [0.5, 0.6) is 5.75 Å². The second kappa shape index (κ2) is 7.98. The zero-order valence-corrected chi connectivity index (χ0v) is 18.0. The number of imidazole rings is 1. The Morgan fingerprint density at radius 2 is 1.88 bits per heavy atom. The lowest BCUT2D eigenvalue weighted by Crippen LogP contribution is -2.50. The number of aliphatic carboxylic acids is 1. The number of anilines is 1. The Bertz CT molecular complexity index is 1210. The minimum Gasteiger partial charge on any atom is -0.487 e. The van der Waals surface area contributed by atoms with E-state index >= 15 is 0 Å². The van der Waals surface area contributed by atoms with Crippen molar-refractivity contribution in [3.8, 4) is 11.6 Å². The molecule has 0 amide bonds. The maximum Gasteiger partial charge on any atom is 0.334 e. The van der Waals surface area contributed by atoms with Crippen molar-refractivity contribution >= 4 is 23.4 Å². The lowest BCUT2D eigenvalue weighted by atomic mass is 9.83. The van der Waals surface area contributed by atoms with Crippen LogP contribution in [0.4, 0.5) is 5.82 Å². The maximum atomic E-state index is 12.3. The molecule has 0 radical (unpaired) electrons. The van der Waals surface area contributed by atoms with Gasteiger partial charge in [0, 0.05) is 48.9 Å². The summed E-state index contributed by atoms with van der Waals surface area (Å²) < 4.78 is 8.81. The molecule has 1 saturated heterocycles. The molecule has 3 aromatic rings. The molecule has 1 N–H and O–H groups in total. The van der Waals surface area contributed by atoms with Gasteiger partial charge in [-0.25, -0.2) is 14.8 Å². The minimum absolute atomic E-state index is 0.179. The van der Waals surface area contributed by atoms with Crippen LogP contribution in [0.3, 0.4) is 0 Å². The number of aromatic nitrogens is 4. The predicted molar refractivity (Wildman–Crippen MR) is 118 cm³/mol. The monoisotopic (exact) mass is 455 g/mol. The summed E-state index contributed by atoms with van der Waals surface area (Å²) in [5.41, 5.74) is 0.447. The summed E-state index contributed by atoms with van der Waals surface area (Å²) in [4.78, 5) is 34.2. The molecule has 0 saturated carbocycles. The van der Waals surface area contributed by atoms with Gasteiger partial charge in [0.2, 0.25) is 0 Å². The van der Waals surface area contributed by atoms with Gasteiger partial charge >= 0.3 is 11.7 Å². The highest BCUT2D eigenvalue weighted by Crippen LogP contribution is 2.42. The zero-order chi connectivity index (χ0) is 22.3. The first kappa shape index (κ1) is 20.6. The Hall–Kier alpha value is -3.33. The van der Waals surface area contributed by atoms with E-state index in [0.29, 0.717) is 5.82 Å². The molecular formula is C22H22ClN5O4. The molecule has 9 nitrogen and oxygen atoms in total. The number of nitrogens with zero attached hydrogens (tertiary/aromatic N) is 5. The van der Waals surface area contributed by atoms with Gasteiger partial charge in [-0.05, 0) is 25.0 Å². The van der Waals surface area contributed by atoms with Gasteiger partial charge in [-0.1, -0.05) is 17.7 Å². The molecule has 1 aromatic carbocycles. The first-order chi connectivity index (χ1) is 15.4. The number of rotatable bonds is 4. The molecule has 4 heterocycles. The number of piperidine rings is 1. The first-order valence-electron chi connectivity index (χ1n) is 10.5. The van der Waals surface area contributed by atoms with Gasteiger partial charge in [0.1, 0.15) is 23.7 Å². The average molecular weight is 456 g/mol. The number of benzene rings is 1. The third-order valence-electron chi connectivity index (χ3n) is 6.26. The number of carboxylic acids is 1. The second-order valence-corrected chi connectivity index (χ2v) is 8.60. The van der Waals surface area contributed by atoms with Crippen LogP contribution in [-0.2, 0) is 17.8 Å². The molecule has 166 valence electrons. The van der Waals surface area contributed by atoms with Crippen LogP contribution < -0.4 is 15.3 Å². The molecule has 5 rings (SSSR count). The van der Waals surface area contributed by atoms with Gasteiger partial charge in [0.15, 0.2) is 5.82 Å². The van der Waals surface area contributed by atoms with Crippen molar-refractivity contribution in [2.24, 2.45) is 0 Å². The second-order valence-electron chi connectivity index (χ2n) is 8.19. The van der Waals surface area contributed by atoms with Crippen LogP contribution in [0.2, 0.25) is 5.02 Å². The molecule has 2 aliphatic rings. The van der Waals surface area contributed by atoms with Gasteiger partial charge in [-0.3, -0.25) is 13.9 Å². The maximum absolute atomic E-state index is 12.3. The topological polar surface area (TPSA) is 102 Å². The van der Waals surface area contributed by atoms with Gasteiger partial charge in [-0.15, -0.1) is 0 Å². The van der Waals surface area contributed by atoms with E-state index in [1.165, 1.54) is 23.2 Å². The lowest BCUT2D eigenvalue weighted by molar-refractivity contribution is -0.137. The zero-order valence-electron chi connectivity index (χ0n) is 17.3. The molecule has 0 aliphatic carbocycles. The van der Waals surface area contributed by atoms with Crippen LogP contribution in [-0.4, -0.2) is 48.9 Å². The summed E-state index contributed by atoms with van der Waals surface area (Å²) in [6.07, 6.45) is 9.69. The average Bonchev–Trinajstić information content (AvgIpc) is 3.14. The summed E-state index contributed by atoms with van der Waals surface area (Å²) in [6, 6.07) is 5.82. The summed E-state index contributed by atoms with van der Waals surface area (Å²) in [6.45, 7) is 1.18.